The van der Waals surface area contributed by atoms with Gasteiger partial charge in [-0.05, 0) is 32.6 Å². The Morgan fingerprint density at radius 3 is 2.59 bits per heavy atom. The molecule has 1 aliphatic heterocycles. The topological polar surface area (TPSA) is 54.8 Å². The van der Waals surface area contributed by atoms with Crippen molar-refractivity contribution < 1.29 is 18.3 Å². The highest BCUT2D eigenvalue weighted by Gasteiger charge is 2.29. The maximum absolute atomic E-state index is 14.3. The molecule has 6 nitrogen and oxygen atoms in total. The lowest BCUT2D eigenvalue weighted by Gasteiger charge is -2.29. The number of nitrogens with zero attached hydrogens (tertiary/aromatic N) is 3. The largest absolute Gasteiger partial charge is 0.486 e. The van der Waals surface area contributed by atoms with Gasteiger partial charge in [0, 0.05) is 25.8 Å². The Labute approximate surface area is 184 Å². The van der Waals surface area contributed by atoms with Gasteiger partial charge in [0.1, 0.15) is 12.2 Å². The molecule has 0 saturated carbocycles. The lowest BCUT2D eigenvalue weighted by atomic mass is 10.1. The molecule has 4 rings (SSSR count). The van der Waals surface area contributed by atoms with Gasteiger partial charge in [-0.25, -0.2) is 4.39 Å². The standard InChI is InChI=1S/C24H25F2N3O3/c1-15-14-32-23-20(26)19(25)11-17-21(23)29(15)13-18(22(17)30)24(31)28(10-9-27(2)3)12-16-7-5-4-6-8-16/h4-8,11,13,15H,9-10,12,14H2,1-3H3/t15-/m1/s1. The first-order valence-electron chi connectivity index (χ1n) is 10.5. The lowest BCUT2D eigenvalue weighted by Crippen LogP contribution is -2.39. The molecule has 0 aliphatic carbocycles. The minimum Gasteiger partial charge on any atom is -0.486 e. The number of aromatic nitrogens is 1. The summed E-state index contributed by atoms with van der Waals surface area (Å²) in [5.41, 5.74) is 0.394. The average molecular weight is 441 g/mol. The van der Waals surface area contributed by atoms with Crippen LogP contribution in [0.4, 0.5) is 8.78 Å². The number of likely N-dealkylation sites (N-methyl/N-ethyl adjacent to an activating group) is 1. The van der Waals surface area contributed by atoms with Gasteiger partial charge in [0.05, 0.1) is 16.9 Å². The van der Waals surface area contributed by atoms with E-state index in [1.54, 1.807) is 9.47 Å². The van der Waals surface area contributed by atoms with Crippen LogP contribution in [0.2, 0.25) is 0 Å². The van der Waals surface area contributed by atoms with Gasteiger partial charge in [-0.2, -0.15) is 4.39 Å². The minimum absolute atomic E-state index is 0.0661. The SMILES string of the molecule is C[C@@H]1COc2c(F)c(F)cc3c(=O)c(C(=O)N(CCN(C)C)Cc4ccccc4)cn1c23. The molecule has 0 saturated heterocycles. The fourth-order valence-corrected chi connectivity index (χ4v) is 3.89. The van der Waals surface area contributed by atoms with Crippen LogP contribution in [0.25, 0.3) is 10.9 Å². The molecule has 32 heavy (non-hydrogen) atoms. The van der Waals surface area contributed by atoms with Gasteiger partial charge >= 0.3 is 0 Å². The van der Waals surface area contributed by atoms with E-state index in [1.807, 2.05) is 56.3 Å². The van der Waals surface area contributed by atoms with Gasteiger partial charge < -0.3 is 19.1 Å². The number of ether oxygens (including phenoxy) is 1. The number of hydrogen-bond acceptors (Lipinski definition) is 4. The Bertz CT molecular complexity index is 1220. The molecule has 2 aromatic carbocycles. The van der Waals surface area contributed by atoms with E-state index in [9.17, 15) is 18.4 Å². The van der Waals surface area contributed by atoms with Crippen molar-refractivity contribution in [2.75, 3.05) is 33.8 Å². The maximum atomic E-state index is 14.3. The second-order valence-electron chi connectivity index (χ2n) is 8.35. The summed E-state index contributed by atoms with van der Waals surface area (Å²) in [5, 5.41) is -0.0661. The fourth-order valence-electron chi connectivity index (χ4n) is 3.89. The van der Waals surface area contributed by atoms with E-state index in [4.69, 9.17) is 4.74 Å². The number of halogens is 2. The molecule has 0 unspecified atom stereocenters. The van der Waals surface area contributed by atoms with Crippen molar-refractivity contribution in [3.05, 3.63) is 75.6 Å². The highest BCUT2D eigenvalue weighted by Crippen LogP contribution is 2.35. The molecule has 0 radical (unpaired) electrons. The van der Waals surface area contributed by atoms with Crippen LogP contribution in [-0.4, -0.2) is 54.1 Å². The smallest absolute Gasteiger partial charge is 0.259 e. The molecule has 2 heterocycles. The van der Waals surface area contributed by atoms with Crippen molar-refractivity contribution in [1.82, 2.24) is 14.4 Å². The van der Waals surface area contributed by atoms with Crippen molar-refractivity contribution in [3.63, 3.8) is 0 Å². The van der Waals surface area contributed by atoms with Crippen molar-refractivity contribution in [2.24, 2.45) is 0 Å². The van der Waals surface area contributed by atoms with Crippen LogP contribution < -0.4 is 10.2 Å². The number of pyridine rings is 1. The molecule has 1 aromatic heterocycles. The Kier molecular flexibility index (Phi) is 5.97. The summed E-state index contributed by atoms with van der Waals surface area (Å²) in [5.74, 6) is -3.04. The van der Waals surface area contributed by atoms with Crippen LogP contribution in [0.15, 0.2) is 47.4 Å². The third-order valence-electron chi connectivity index (χ3n) is 5.66. The van der Waals surface area contributed by atoms with E-state index in [0.717, 1.165) is 11.6 Å². The third kappa shape index (κ3) is 3.98. The molecular formula is C24H25F2N3O3. The molecule has 168 valence electrons. The first-order chi connectivity index (χ1) is 15.3. The predicted molar refractivity (Wildman–Crippen MR) is 118 cm³/mol. The zero-order valence-electron chi connectivity index (χ0n) is 18.3. The van der Waals surface area contributed by atoms with Crippen LogP contribution in [0, 0.1) is 11.6 Å². The van der Waals surface area contributed by atoms with E-state index in [2.05, 4.69) is 0 Å². The fraction of sp³-hybridized carbons (Fsp3) is 0.333. The van der Waals surface area contributed by atoms with Crippen molar-refractivity contribution >= 4 is 16.8 Å². The van der Waals surface area contributed by atoms with Gasteiger partial charge in [0.15, 0.2) is 11.6 Å². The summed E-state index contributed by atoms with van der Waals surface area (Å²) < 4.78 is 35.6. The van der Waals surface area contributed by atoms with Gasteiger partial charge in [0.2, 0.25) is 11.2 Å². The summed E-state index contributed by atoms with van der Waals surface area (Å²) in [7, 11) is 3.81. The third-order valence-corrected chi connectivity index (χ3v) is 5.66. The molecule has 1 amide bonds. The molecule has 1 aliphatic rings. The van der Waals surface area contributed by atoms with Gasteiger partial charge in [-0.3, -0.25) is 9.59 Å². The van der Waals surface area contributed by atoms with Crippen LogP contribution in [0.1, 0.15) is 28.9 Å². The Morgan fingerprint density at radius 1 is 1.19 bits per heavy atom. The lowest BCUT2D eigenvalue weighted by molar-refractivity contribution is 0.0729. The monoisotopic (exact) mass is 441 g/mol. The zero-order chi connectivity index (χ0) is 23.0. The first kappa shape index (κ1) is 22.0. The highest BCUT2D eigenvalue weighted by molar-refractivity contribution is 5.98. The van der Waals surface area contributed by atoms with Gasteiger partial charge in [-0.15, -0.1) is 0 Å². The number of hydrogen-bond donors (Lipinski definition) is 0. The summed E-state index contributed by atoms with van der Waals surface area (Å²) in [6.07, 6.45) is 1.45. The number of amides is 1. The maximum Gasteiger partial charge on any atom is 0.259 e. The molecule has 0 fully saturated rings. The Hall–Kier alpha value is -3.26. The van der Waals surface area contributed by atoms with Crippen LogP contribution >= 0.6 is 0 Å². The first-order valence-corrected chi connectivity index (χ1v) is 10.5. The molecule has 3 aromatic rings. The van der Waals surface area contributed by atoms with E-state index in [-0.39, 0.29) is 34.9 Å². The number of benzene rings is 2. The van der Waals surface area contributed by atoms with Crippen LogP contribution in [0.3, 0.4) is 0 Å². The molecule has 1 atom stereocenters. The van der Waals surface area contributed by atoms with Gasteiger partial charge in [-0.1, -0.05) is 30.3 Å². The van der Waals surface area contributed by atoms with E-state index in [0.29, 0.717) is 19.6 Å². The number of rotatable bonds is 6. The van der Waals surface area contributed by atoms with Crippen molar-refractivity contribution in [1.29, 1.82) is 0 Å². The minimum atomic E-state index is -1.18. The number of carbonyl (C=O) groups excluding carboxylic acids is 1. The Morgan fingerprint density at radius 2 is 1.91 bits per heavy atom. The quantitative estimate of drug-likeness (QED) is 0.588. The molecule has 0 bridgehead atoms. The molecule has 0 spiro atoms. The summed E-state index contributed by atoms with van der Waals surface area (Å²) in [4.78, 5) is 30.4. The van der Waals surface area contributed by atoms with Crippen LogP contribution in [0.5, 0.6) is 5.75 Å². The second-order valence-corrected chi connectivity index (χ2v) is 8.35. The van der Waals surface area contributed by atoms with E-state index in [1.165, 1.54) is 6.20 Å². The summed E-state index contributed by atoms with van der Waals surface area (Å²) in [6.45, 7) is 3.27. The molecule has 0 N–H and O–H groups in total. The summed E-state index contributed by atoms with van der Waals surface area (Å²) in [6, 6.07) is 10.1. The second kappa shape index (κ2) is 8.70. The average Bonchev–Trinajstić information content (AvgIpc) is 2.77. The van der Waals surface area contributed by atoms with Crippen molar-refractivity contribution in [3.8, 4) is 5.75 Å². The number of carbonyl (C=O) groups is 1. The van der Waals surface area contributed by atoms with Crippen LogP contribution in [-0.2, 0) is 6.54 Å². The van der Waals surface area contributed by atoms with Crippen molar-refractivity contribution in [2.45, 2.75) is 19.5 Å². The zero-order valence-corrected chi connectivity index (χ0v) is 18.3. The molecular weight excluding hydrogens is 416 g/mol. The predicted octanol–water partition coefficient (Wildman–Crippen LogP) is 3.44. The van der Waals surface area contributed by atoms with E-state index >= 15 is 0 Å². The summed E-state index contributed by atoms with van der Waals surface area (Å²) >= 11 is 0. The van der Waals surface area contributed by atoms with Gasteiger partial charge in [0.25, 0.3) is 5.91 Å². The molecule has 8 heteroatoms. The normalized spacial score (nSPS) is 15.1. The Balaban J connectivity index is 1.83. The van der Waals surface area contributed by atoms with E-state index < -0.39 is 23.0 Å². The highest BCUT2D eigenvalue weighted by atomic mass is 19.2.